The zero-order chi connectivity index (χ0) is 20.1. The zero-order valence-corrected chi connectivity index (χ0v) is 15.7. The highest BCUT2D eigenvalue weighted by Crippen LogP contribution is 2.31. The van der Waals surface area contributed by atoms with Crippen LogP contribution in [0.2, 0.25) is 0 Å². The van der Waals surface area contributed by atoms with E-state index < -0.39 is 4.92 Å². The lowest BCUT2D eigenvalue weighted by Crippen LogP contribution is -2.51. The summed E-state index contributed by atoms with van der Waals surface area (Å²) in [6.45, 7) is 2.01. The minimum absolute atomic E-state index is 0.0320. The summed E-state index contributed by atoms with van der Waals surface area (Å²) in [6.07, 6.45) is 5.60. The van der Waals surface area contributed by atoms with Gasteiger partial charge in [0, 0.05) is 43.2 Å². The summed E-state index contributed by atoms with van der Waals surface area (Å²) in [6, 6.07) is 4.27. The Morgan fingerprint density at radius 3 is 2.75 bits per heavy atom. The lowest BCUT2D eigenvalue weighted by atomic mass is 10.0. The van der Waals surface area contributed by atoms with Crippen molar-refractivity contribution < 1.29 is 19.6 Å². The second-order valence-corrected chi connectivity index (χ2v) is 6.66. The van der Waals surface area contributed by atoms with Crippen molar-refractivity contribution in [1.29, 1.82) is 0 Å². The maximum Gasteiger partial charge on any atom is 0.292 e. The van der Waals surface area contributed by atoms with Crippen molar-refractivity contribution in [3.8, 4) is 0 Å². The number of nitrogens with one attached hydrogen (secondary N) is 2. The van der Waals surface area contributed by atoms with E-state index in [9.17, 15) is 14.9 Å². The summed E-state index contributed by atoms with van der Waals surface area (Å²) in [5.41, 5.74) is 2.64. The van der Waals surface area contributed by atoms with Crippen LogP contribution in [0.1, 0.15) is 23.2 Å². The minimum atomic E-state index is -0.465. The number of anilines is 1. The van der Waals surface area contributed by atoms with Gasteiger partial charge in [-0.2, -0.15) is 0 Å². The molecule has 1 aliphatic heterocycles. The van der Waals surface area contributed by atoms with E-state index in [2.05, 4.69) is 15.5 Å². The summed E-state index contributed by atoms with van der Waals surface area (Å²) in [5, 5.41) is 25.7. The van der Waals surface area contributed by atoms with E-state index in [1.54, 1.807) is 0 Å². The Balaban J connectivity index is 1.67. The van der Waals surface area contributed by atoms with Gasteiger partial charge in [-0.15, -0.1) is 0 Å². The Kier molecular flexibility index (Phi) is 6.27. The van der Waals surface area contributed by atoms with Gasteiger partial charge in [0.1, 0.15) is 5.69 Å². The fourth-order valence-corrected chi connectivity index (χ4v) is 3.25. The Bertz CT molecular complexity index is 815. The molecular formula is C19H24N4O5. The fourth-order valence-electron chi connectivity index (χ4n) is 3.25. The first-order chi connectivity index (χ1) is 13.5. The molecule has 28 heavy (non-hydrogen) atoms. The molecule has 9 heteroatoms. The summed E-state index contributed by atoms with van der Waals surface area (Å²) in [7, 11) is 1.52. The molecule has 3 N–H and O–H groups in total. The quantitative estimate of drug-likeness (QED) is 0.458. The number of likely N-dealkylation sites (tertiary alicyclic amines) is 1. The molecule has 1 aliphatic carbocycles. The van der Waals surface area contributed by atoms with Crippen LogP contribution in [0.25, 0.3) is 0 Å². The van der Waals surface area contributed by atoms with Gasteiger partial charge < -0.3 is 25.4 Å². The van der Waals surface area contributed by atoms with E-state index in [1.165, 1.54) is 30.9 Å². The molecule has 9 nitrogen and oxygen atoms in total. The number of rotatable bonds is 8. The third-order valence-corrected chi connectivity index (χ3v) is 4.80. The molecule has 1 fully saturated rings. The SMILES string of the molecule is CNC(=O)c1ccc([N+](=O)[O-])c(NC2=CC=C(N3CC(OCCO)C3)CC2)c1. The molecule has 150 valence electrons. The molecule has 0 aromatic heterocycles. The summed E-state index contributed by atoms with van der Waals surface area (Å²) in [4.78, 5) is 24.9. The topological polar surface area (TPSA) is 117 Å². The molecule has 1 saturated heterocycles. The van der Waals surface area contributed by atoms with Crippen molar-refractivity contribution in [3.05, 3.63) is 57.4 Å². The highest BCUT2D eigenvalue weighted by atomic mass is 16.6. The predicted molar refractivity (Wildman–Crippen MR) is 104 cm³/mol. The highest BCUT2D eigenvalue weighted by molar-refractivity contribution is 5.95. The van der Waals surface area contributed by atoms with Crippen molar-refractivity contribution in [2.75, 3.05) is 38.7 Å². The molecule has 1 aromatic rings. The van der Waals surface area contributed by atoms with Crippen molar-refractivity contribution in [3.63, 3.8) is 0 Å². The molecular weight excluding hydrogens is 364 g/mol. The average molecular weight is 388 g/mol. The van der Waals surface area contributed by atoms with Crippen LogP contribution >= 0.6 is 0 Å². The molecule has 1 aromatic carbocycles. The number of nitro benzene ring substituents is 1. The molecule has 0 bridgehead atoms. The zero-order valence-electron chi connectivity index (χ0n) is 15.7. The number of benzene rings is 1. The standard InChI is InChI=1S/C19H24N4O5/c1-20-19(25)13-2-7-18(23(26)27)17(10-13)21-14-3-5-15(6-4-14)22-11-16(12-22)28-9-8-24/h2-3,5,7,10,16,21,24H,4,6,8-9,11-12H2,1H3,(H,20,25). The number of ether oxygens (including phenoxy) is 1. The van der Waals surface area contributed by atoms with E-state index in [0.29, 0.717) is 24.3 Å². The van der Waals surface area contributed by atoms with Crippen LogP contribution in [0.5, 0.6) is 0 Å². The lowest BCUT2D eigenvalue weighted by Gasteiger charge is -2.42. The van der Waals surface area contributed by atoms with E-state index in [0.717, 1.165) is 25.2 Å². The molecule has 2 aliphatic rings. The number of carbonyl (C=O) groups excluding carboxylic acids is 1. The minimum Gasteiger partial charge on any atom is -0.394 e. The Hall–Kier alpha value is -2.91. The Morgan fingerprint density at radius 2 is 2.14 bits per heavy atom. The first-order valence-corrected chi connectivity index (χ1v) is 9.16. The van der Waals surface area contributed by atoms with Crippen LogP contribution in [-0.4, -0.2) is 60.3 Å². The number of nitrogens with zero attached hydrogens (tertiary/aromatic N) is 2. The first-order valence-electron chi connectivity index (χ1n) is 9.16. The van der Waals surface area contributed by atoms with Crippen molar-refractivity contribution in [1.82, 2.24) is 10.2 Å². The number of allylic oxidation sites excluding steroid dienone is 4. The molecule has 0 radical (unpaired) electrons. The summed E-state index contributed by atoms with van der Waals surface area (Å²) in [5.74, 6) is -0.298. The van der Waals surface area contributed by atoms with Gasteiger partial charge in [-0.3, -0.25) is 14.9 Å². The van der Waals surface area contributed by atoms with Crippen LogP contribution < -0.4 is 10.6 Å². The third kappa shape index (κ3) is 4.49. The number of amides is 1. The van der Waals surface area contributed by atoms with Gasteiger partial charge in [-0.1, -0.05) is 0 Å². The second kappa shape index (κ2) is 8.85. The fraction of sp³-hybridized carbons (Fsp3) is 0.421. The average Bonchev–Trinajstić information content (AvgIpc) is 2.67. The molecule has 3 rings (SSSR count). The number of hydrogen-bond acceptors (Lipinski definition) is 7. The van der Waals surface area contributed by atoms with E-state index >= 15 is 0 Å². The van der Waals surface area contributed by atoms with Crippen LogP contribution in [0.15, 0.2) is 41.7 Å². The lowest BCUT2D eigenvalue weighted by molar-refractivity contribution is -0.383. The van der Waals surface area contributed by atoms with Crippen molar-refractivity contribution in [2.24, 2.45) is 0 Å². The predicted octanol–water partition coefficient (Wildman–Crippen LogP) is 1.62. The number of aliphatic hydroxyl groups excluding tert-OH is 1. The largest absolute Gasteiger partial charge is 0.394 e. The molecule has 0 spiro atoms. The summed E-state index contributed by atoms with van der Waals surface area (Å²) < 4.78 is 5.48. The second-order valence-electron chi connectivity index (χ2n) is 6.66. The van der Waals surface area contributed by atoms with Crippen molar-refractivity contribution >= 4 is 17.3 Å². The Labute approximate surface area is 162 Å². The monoisotopic (exact) mass is 388 g/mol. The summed E-state index contributed by atoms with van der Waals surface area (Å²) >= 11 is 0. The first kappa shape index (κ1) is 19.8. The maximum absolute atomic E-state index is 11.8. The smallest absolute Gasteiger partial charge is 0.292 e. The van der Waals surface area contributed by atoms with E-state index in [1.807, 2.05) is 12.2 Å². The van der Waals surface area contributed by atoms with Crippen LogP contribution in [0.4, 0.5) is 11.4 Å². The molecule has 0 saturated carbocycles. The van der Waals surface area contributed by atoms with Gasteiger partial charge in [0.15, 0.2) is 0 Å². The van der Waals surface area contributed by atoms with E-state index in [-0.39, 0.29) is 24.3 Å². The maximum atomic E-state index is 11.8. The van der Waals surface area contributed by atoms with Gasteiger partial charge in [-0.25, -0.2) is 0 Å². The van der Waals surface area contributed by atoms with Crippen LogP contribution in [0, 0.1) is 10.1 Å². The number of carbonyl (C=O) groups is 1. The number of nitro groups is 1. The number of aliphatic hydroxyl groups is 1. The van der Waals surface area contributed by atoms with Gasteiger partial charge in [0.05, 0.1) is 24.2 Å². The van der Waals surface area contributed by atoms with Gasteiger partial charge in [-0.05, 0) is 37.1 Å². The number of hydrogen-bond donors (Lipinski definition) is 3. The molecule has 1 amide bonds. The van der Waals surface area contributed by atoms with Gasteiger partial charge in [0.25, 0.3) is 11.6 Å². The molecule has 0 atom stereocenters. The van der Waals surface area contributed by atoms with Crippen LogP contribution in [0.3, 0.4) is 0 Å². The van der Waals surface area contributed by atoms with Crippen LogP contribution in [-0.2, 0) is 4.74 Å². The molecule has 1 heterocycles. The third-order valence-electron chi connectivity index (χ3n) is 4.80. The van der Waals surface area contributed by atoms with Crippen molar-refractivity contribution in [2.45, 2.75) is 18.9 Å². The Morgan fingerprint density at radius 1 is 1.36 bits per heavy atom. The van der Waals surface area contributed by atoms with E-state index in [4.69, 9.17) is 9.84 Å². The normalized spacial score (nSPS) is 16.7. The highest BCUT2D eigenvalue weighted by Gasteiger charge is 2.29. The molecule has 0 unspecified atom stereocenters. The van der Waals surface area contributed by atoms with Gasteiger partial charge in [0.2, 0.25) is 0 Å². The van der Waals surface area contributed by atoms with Gasteiger partial charge >= 0.3 is 0 Å².